The number of hydrogen-bond donors (Lipinski definition) is 3. The first-order chi connectivity index (χ1) is 11.8. The molecule has 0 aliphatic heterocycles. The van der Waals surface area contributed by atoms with Crippen LogP contribution in [0.15, 0.2) is 39.0 Å². The lowest BCUT2D eigenvalue weighted by molar-refractivity contribution is 0.456. The minimum atomic E-state index is -5.45. The normalized spacial score (nSPS) is 13.2. The standard InChI is InChI=1S/C14H16O9S3/c1-2-3-6-10-9-7-4-5-8-11(9)13(25(18,19)20)14(26(21,22)23)12(10)24(15,16)17/h4-5,7-8H,2-3,6H2,1H3,(H,15,16,17)(H,18,19,20)(H,21,22,23). The number of fused-ring (bicyclic) bond motifs is 1. The third-order valence-electron chi connectivity index (χ3n) is 3.74. The van der Waals surface area contributed by atoms with Crippen LogP contribution in [0.25, 0.3) is 10.8 Å². The van der Waals surface area contributed by atoms with Crippen molar-refractivity contribution in [1.29, 1.82) is 0 Å². The highest BCUT2D eigenvalue weighted by Gasteiger charge is 2.37. The van der Waals surface area contributed by atoms with Crippen molar-refractivity contribution in [1.82, 2.24) is 0 Å². The molecule has 0 aliphatic carbocycles. The Morgan fingerprint density at radius 1 is 0.731 bits per heavy atom. The van der Waals surface area contributed by atoms with Gasteiger partial charge in [0.2, 0.25) is 0 Å². The van der Waals surface area contributed by atoms with Gasteiger partial charge in [0.25, 0.3) is 30.4 Å². The van der Waals surface area contributed by atoms with Crippen molar-refractivity contribution in [3.8, 4) is 0 Å². The van der Waals surface area contributed by atoms with E-state index in [1.807, 2.05) is 0 Å². The summed E-state index contributed by atoms with van der Waals surface area (Å²) in [6, 6.07) is 5.29. The average Bonchev–Trinajstić information content (AvgIpc) is 2.48. The molecule has 144 valence electrons. The molecule has 2 aromatic carbocycles. The molecule has 0 bridgehead atoms. The van der Waals surface area contributed by atoms with Gasteiger partial charge in [0.15, 0.2) is 0 Å². The number of unbranched alkanes of at least 4 members (excludes halogenated alkanes) is 1. The van der Waals surface area contributed by atoms with Crippen molar-refractivity contribution in [2.75, 3.05) is 0 Å². The van der Waals surface area contributed by atoms with E-state index in [9.17, 15) is 38.9 Å². The first kappa shape index (κ1) is 20.7. The molecule has 9 nitrogen and oxygen atoms in total. The summed E-state index contributed by atoms with van der Waals surface area (Å²) in [5.74, 6) is 0. The number of aryl methyl sites for hydroxylation is 1. The fourth-order valence-corrected chi connectivity index (χ4v) is 6.48. The van der Waals surface area contributed by atoms with Crippen LogP contribution in [-0.4, -0.2) is 38.9 Å². The van der Waals surface area contributed by atoms with Gasteiger partial charge in [-0.15, -0.1) is 0 Å². The lowest BCUT2D eigenvalue weighted by Crippen LogP contribution is -2.17. The van der Waals surface area contributed by atoms with E-state index in [0.717, 1.165) is 6.07 Å². The van der Waals surface area contributed by atoms with Crippen molar-refractivity contribution in [2.45, 2.75) is 40.9 Å². The maximum atomic E-state index is 11.9. The molecule has 0 spiro atoms. The quantitative estimate of drug-likeness (QED) is 0.588. The highest BCUT2D eigenvalue weighted by atomic mass is 32.2. The van der Waals surface area contributed by atoms with Gasteiger partial charge < -0.3 is 0 Å². The minimum Gasteiger partial charge on any atom is -0.282 e. The summed E-state index contributed by atoms with van der Waals surface area (Å²) in [6.07, 6.45) is 0.962. The molecule has 3 N–H and O–H groups in total. The molecule has 0 aliphatic rings. The number of rotatable bonds is 6. The van der Waals surface area contributed by atoms with Gasteiger partial charge in [-0.3, -0.25) is 13.7 Å². The second kappa shape index (κ2) is 6.87. The maximum Gasteiger partial charge on any atom is 0.297 e. The molecule has 0 amide bonds. The Morgan fingerprint density at radius 2 is 1.19 bits per heavy atom. The molecule has 0 heterocycles. The Hall–Kier alpha value is -1.57. The second-order valence-corrected chi connectivity index (χ2v) is 9.62. The third-order valence-corrected chi connectivity index (χ3v) is 6.83. The van der Waals surface area contributed by atoms with Gasteiger partial charge in [-0.25, -0.2) is 0 Å². The van der Waals surface area contributed by atoms with Crippen molar-refractivity contribution in [3.05, 3.63) is 29.8 Å². The van der Waals surface area contributed by atoms with Crippen molar-refractivity contribution in [3.63, 3.8) is 0 Å². The van der Waals surface area contributed by atoms with Gasteiger partial charge >= 0.3 is 0 Å². The molecular weight excluding hydrogens is 408 g/mol. The minimum absolute atomic E-state index is 0.0135. The van der Waals surface area contributed by atoms with Crippen LogP contribution in [0.2, 0.25) is 0 Å². The van der Waals surface area contributed by atoms with Crippen LogP contribution in [0.3, 0.4) is 0 Å². The number of hydrogen-bond acceptors (Lipinski definition) is 6. The van der Waals surface area contributed by atoms with E-state index in [2.05, 4.69) is 0 Å². The molecule has 0 saturated heterocycles. The van der Waals surface area contributed by atoms with Crippen LogP contribution in [0.4, 0.5) is 0 Å². The van der Waals surface area contributed by atoms with Crippen LogP contribution >= 0.6 is 0 Å². The van der Waals surface area contributed by atoms with Crippen LogP contribution in [0, 0.1) is 0 Å². The Kier molecular flexibility index (Phi) is 5.48. The molecule has 26 heavy (non-hydrogen) atoms. The Labute approximate surface area is 150 Å². The SMILES string of the molecule is CCCCc1c(S(=O)(=O)O)c(S(=O)(=O)O)c(S(=O)(=O)O)c2ccccc12. The van der Waals surface area contributed by atoms with E-state index >= 15 is 0 Å². The van der Waals surface area contributed by atoms with E-state index in [1.54, 1.807) is 6.92 Å². The van der Waals surface area contributed by atoms with Crippen LogP contribution in [0.5, 0.6) is 0 Å². The lowest BCUT2D eigenvalue weighted by Gasteiger charge is -2.18. The molecule has 0 saturated carbocycles. The van der Waals surface area contributed by atoms with E-state index in [1.165, 1.54) is 18.2 Å². The smallest absolute Gasteiger partial charge is 0.282 e. The van der Waals surface area contributed by atoms with Gasteiger partial charge in [0.1, 0.15) is 14.7 Å². The molecule has 2 rings (SSSR count). The molecule has 0 fully saturated rings. The van der Waals surface area contributed by atoms with Gasteiger partial charge in [-0.05, 0) is 23.8 Å². The average molecular weight is 424 g/mol. The molecular formula is C14H16O9S3. The van der Waals surface area contributed by atoms with Crippen molar-refractivity contribution in [2.24, 2.45) is 0 Å². The summed E-state index contributed by atoms with van der Waals surface area (Å²) in [5.41, 5.74) is -0.162. The molecule has 0 radical (unpaired) electrons. The zero-order valence-electron chi connectivity index (χ0n) is 13.4. The predicted octanol–water partition coefficient (Wildman–Crippen LogP) is 1.92. The summed E-state index contributed by atoms with van der Waals surface area (Å²) in [6.45, 7) is 1.78. The monoisotopic (exact) mass is 424 g/mol. The summed E-state index contributed by atoms with van der Waals surface area (Å²) >= 11 is 0. The Bertz CT molecular complexity index is 1180. The second-order valence-electron chi connectivity index (χ2n) is 5.54. The van der Waals surface area contributed by atoms with Crippen molar-refractivity contribution < 1.29 is 38.9 Å². The zero-order chi connectivity index (χ0) is 19.9. The molecule has 0 atom stereocenters. The largest absolute Gasteiger partial charge is 0.297 e. The zero-order valence-corrected chi connectivity index (χ0v) is 15.9. The first-order valence-electron chi connectivity index (χ1n) is 7.30. The van der Waals surface area contributed by atoms with Gasteiger partial charge in [0.05, 0.1) is 0 Å². The molecule has 2 aromatic rings. The lowest BCUT2D eigenvalue weighted by atomic mass is 10.00. The topological polar surface area (TPSA) is 163 Å². The van der Waals surface area contributed by atoms with Gasteiger partial charge in [-0.2, -0.15) is 25.3 Å². The summed E-state index contributed by atoms with van der Waals surface area (Å²) < 4.78 is 99.7. The Morgan fingerprint density at radius 3 is 1.62 bits per heavy atom. The Balaban J connectivity index is 3.33. The molecule has 0 aromatic heterocycles. The summed E-state index contributed by atoms with van der Waals surface area (Å²) in [5, 5.41) is -0.269. The van der Waals surface area contributed by atoms with E-state index in [-0.39, 0.29) is 22.8 Å². The summed E-state index contributed by atoms with van der Waals surface area (Å²) in [4.78, 5) is -4.12. The van der Waals surface area contributed by atoms with E-state index in [0.29, 0.717) is 12.8 Å². The van der Waals surface area contributed by atoms with Gasteiger partial charge in [-0.1, -0.05) is 37.6 Å². The fraction of sp³-hybridized carbons (Fsp3) is 0.286. The fourth-order valence-electron chi connectivity index (χ4n) is 2.79. The molecule has 12 heteroatoms. The van der Waals surface area contributed by atoms with E-state index < -0.39 is 45.0 Å². The maximum absolute atomic E-state index is 11.9. The number of benzene rings is 2. The highest BCUT2D eigenvalue weighted by Crippen LogP contribution is 2.39. The highest BCUT2D eigenvalue weighted by molar-refractivity contribution is 7.90. The third kappa shape index (κ3) is 3.89. The van der Waals surface area contributed by atoms with Crippen LogP contribution in [0.1, 0.15) is 25.3 Å². The summed E-state index contributed by atoms with van der Waals surface area (Å²) in [7, 11) is -16.0. The van der Waals surface area contributed by atoms with Crippen molar-refractivity contribution >= 4 is 41.1 Å². The predicted molar refractivity (Wildman–Crippen MR) is 92.0 cm³/mol. The van der Waals surface area contributed by atoms with Crippen LogP contribution < -0.4 is 0 Å². The first-order valence-corrected chi connectivity index (χ1v) is 11.6. The van der Waals surface area contributed by atoms with E-state index in [4.69, 9.17) is 0 Å². The molecule has 0 unspecified atom stereocenters. The van der Waals surface area contributed by atoms with Gasteiger partial charge in [0, 0.05) is 5.39 Å². The van der Waals surface area contributed by atoms with Crippen LogP contribution in [-0.2, 0) is 36.8 Å².